The summed E-state index contributed by atoms with van der Waals surface area (Å²) in [6.07, 6.45) is 0. The Hall–Kier alpha value is 0.117. The van der Waals surface area contributed by atoms with Gasteiger partial charge in [0, 0.05) is 11.5 Å². The molecule has 0 unspecified atom stereocenters. The van der Waals surface area contributed by atoms with Crippen LogP contribution < -0.4 is 0 Å². The predicted octanol–water partition coefficient (Wildman–Crippen LogP) is 3.88. The Balaban J connectivity index is 2.70. The molecule has 1 heterocycles. The fourth-order valence-electron chi connectivity index (χ4n) is 1.24. The summed E-state index contributed by atoms with van der Waals surface area (Å²) in [5.74, 6) is 0. The van der Waals surface area contributed by atoms with Crippen LogP contribution >= 0.6 is 22.6 Å². The molecule has 98 valence electrons. The first-order chi connectivity index (χ1) is 7.67. The van der Waals surface area contributed by atoms with E-state index in [1.807, 2.05) is 11.7 Å². The van der Waals surface area contributed by atoms with Crippen molar-refractivity contribution in [2.45, 2.75) is 49.9 Å². The van der Waals surface area contributed by atoms with Crippen molar-refractivity contribution in [3.63, 3.8) is 0 Å². The van der Waals surface area contributed by atoms with Gasteiger partial charge in [0.1, 0.15) is 0 Å². The monoisotopic (exact) mass is 366 g/mol. The summed E-state index contributed by atoms with van der Waals surface area (Å²) in [7, 11) is 0.332. The highest BCUT2D eigenvalue weighted by Gasteiger charge is 2.37. The molecule has 1 rings (SSSR count). The molecule has 0 aliphatic rings. The highest BCUT2D eigenvalue weighted by Crippen LogP contribution is 2.37. The van der Waals surface area contributed by atoms with Crippen molar-refractivity contribution in [3.05, 3.63) is 17.5 Å². The summed E-state index contributed by atoms with van der Waals surface area (Å²) < 4.78 is 9.08. The summed E-state index contributed by atoms with van der Waals surface area (Å²) in [5, 5.41) is 4.70. The molecular formula is C12H23IN2OSi. The van der Waals surface area contributed by atoms with Crippen LogP contribution in [0.25, 0.3) is 0 Å². The van der Waals surface area contributed by atoms with E-state index in [2.05, 4.69) is 67.6 Å². The van der Waals surface area contributed by atoms with E-state index in [0.29, 0.717) is 6.61 Å². The highest BCUT2D eigenvalue weighted by atomic mass is 127. The number of aryl methyl sites for hydroxylation is 1. The second-order valence-electron chi connectivity index (χ2n) is 5.93. The van der Waals surface area contributed by atoms with Gasteiger partial charge in [-0.3, -0.25) is 4.68 Å². The number of halogens is 1. The van der Waals surface area contributed by atoms with Crippen LogP contribution in [0.5, 0.6) is 0 Å². The Morgan fingerprint density at radius 1 is 1.41 bits per heavy atom. The van der Waals surface area contributed by atoms with Crippen molar-refractivity contribution in [2.24, 2.45) is 7.05 Å². The maximum absolute atomic E-state index is 6.19. The van der Waals surface area contributed by atoms with Gasteiger partial charge in [0.25, 0.3) is 0 Å². The molecule has 0 saturated carbocycles. The summed E-state index contributed by atoms with van der Waals surface area (Å²) in [4.78, 5) is 0. The molecule has 0 N–H and O–H groups in total. The van der Waals surface area contributed by atoms with E-state index in [4.69, 9.17) is 4.43 Å². The second kappa shape index (κ2) is 5.40. The highest BCUT2D eigenvalue weighted by molar-refractivity contribution is 14.1. The topological polar surface area (TPSA) is 27.1 Å². The zero-order valence-corrected chi connectivity index (χ0v) is 14.8. The molecule has 17 heavy (non-hydrogen) atoms. The molecule has 1 aromatic rings. The Kier molecular flexibility index (Phi) is 4.82. The maximum atomic E-state index is 6.19. The molecule has 5 heteroatoms. The summed E-state index contributed by atoms with van der Waals surface area (Å²) in [6, 6.07) is 2.14. The molecule has 3 nitrogen and oxygen atoms in total. The Labute approximate surface area is 119 Å². The quantitative estimate of drug-likeness (QED) is 0.459. The van der Waals surface area contributed by atoms with Crippen LogP contribution in [-0.2, 0) is 22.5 Å². The number of rotatable bonds is 4. The van der Waals surface area contributed by atoms with E-state index in [-0.39, 0.29) is 5.04 Å². The molecule has 0 spiro atoms. The van der Waals surface area contributed by atoms with Gasteiger partial charge in [-0.25, -0.2) is 0 Å². The summed E-state index contributed by atoms with van der Waals surface area (Å²) >= 11 is 2.33. The van der Waals surface area contributed by atoms with Gasteiger partial charge in [0.15, 0.2) is 8.32 Å². The zero-order valence-electron chi connectivity index (χ0n) is 11.7. The molecule has 0 atom stereocenters. The Bertz CT molecular complexity index is 382. The van der Waals surface area contributed by atoms with Crippen molar-refractivity contribution in [1.82, 2.24) is 9.78 Å². The lowest BCUT2D eigenvalue weighted by molar-refractivity contribution is 0.266. The van der Waals surface area contributed by atoms with E-state index in [1.165, 1.54) is 5.69 Å². The maximum Gasteiger partial charge on any atom is 0.192 e. The third kappa shape index (κ3) is 3.79. The molecule has 0 aliphatic heterocycles. The third-order valence-corrected chi connectivity index (χ3v) is 8.81. The van der Waals surface area contributed by atoms with E-state index in [0.717, 1.165) is 10.1 Å². The molecular weight excluding hydrogens is 343 g/mol. The van der Waals surface area contributed by atoms with E-state index < -0.39 is 8.32 Å². The lowest BCUT2D eigenvalue weighted by Gasteiger charge is -2.36. The summed E-state index contributed by atoms with van der Waals surface area (Å²) in [6.45, 7) is 12.0. The standard InChI is InChI=1S/C12H23IN2OSi/c1-12(2,3)17(5,6)16-9-11-7-10(8-13)14-15(11)4/h7H,8-9H2,1-6H3. The average Bonchev–Trinajstić information content (AvgIpc) is 2.55. The van der Waals surface area contributed by atoms with E-state index >= 15 is 0 Å². The van der Waals surface area contributed by atoms with Crippen LogP contribution in [0.2, 0.25) is 18.1 Å². The largest absolute Gasteiger partial charge is 0.411 e. The molecule has 0 radical (unpaired) electrons. The summed E-state index contributed by atoms with van der Waals surface area (Å²) in [5.41, 5.74) is 2.29. The zero-order chi connectivity index (χ0) is 13.3. The van der Waals surface area contributed by atoms with Gasteiger partial charge >= 0.3 is 0 Å². The molecule has 0 aromatic carbocycles. The molecule has 0 amide bonds. The fraction of sp³-hybridized carbons (Fsp3) is 0.750. The van der Waals surface area contributed by atoms with Crippen molar-refractivity contribution < 1.29 is 4.43 Å². The third-order valence-electron chi connectivity index (χ3n) is 3.55. The first-order valence-electron chi connectivity index (χ1n) is 5.89. The lowest BCUT2D eigenvalue weighted by atomic mass is 10.2. The Morgan fingerprint density at radius 2 is 2.00 bits per heavy atom. The van der Waals surface area contributed by atoms with Crippen LogP contribution in [0.1, 0.15) is 32.2 Å². The SMILES string of the molecule is Cn1nc(CI)cc1CO[Si](C)(C)C(C)(C)C. The van der Waals surface area contributed by atoms with Crippen LogP contribution in [0.3, 0.4) is 0 Å². The number of alkyl halides is 1. The molecule has 0 fully saturated rings. The first-order valence-corrected chi connectivity index (χ1v) is 10.3. The lowest BCUT2D eigenvalue weighted by Crippen LogP contribution is -2.40. The molecule has 0 bridgehead atoms. The van der Waals surface area contributed by atoms with Crippen LogP contribution in [0, 0.1) is 0 Å². The van der Waals surface area contributed by atoms with Gasteiger partial charge in [0.2, 0.25) is 0 Å². The Morgan fingerprint density at radius 3 is 2.41 bits per heavy atom. The minimum atomic E-state index is -1.65. The van der Waals surface area contributed by atoms with Crippen molar-refractivity contribution >= 4 is 30.9 Å². The van der Waals surface area contributed by atoms with Gasteiger partial charge < -0.3 is 4.43 Å². The fourth-order valence-corrected chi connectivity index (χ4v) is 2.56. The van der Waals surface area contributed by atoms with Crippen LogP contribution in [0.15, 0.2) is 6.07 Å². The smallest absolute Gasteiger partial charge is 0.192 e. The number of nitrogens with zero attached hydrogens (tertiary/aromatic N) is 2. The van der Waals surface area contributed by atoms with Crippen molar-refractivity contribution in [2.75, 3.05) is 0 Å². The molecule has 0 aliphatic carbocycles. The normalized spacial score (nSPS) is 13.1. The predicted molar refractivity (Wildman–Crippen MR) is 82.9 cm³/mol. The van der Waals surface area contributed by atoms with E-state index in [9.17, 15) is 0 Å². The number of aromatic nitrogens is 2. The molecule has 0 saturated heterocycles. The van der Waals surface area contributed by atoms with Crippen LogP contribution in [0.4, 0.5) is 0 Å². The number of hydrogen-bond acceptors (Lipinski definition) is 2. The minimum Gasteiger partial charge on any atom is -0.411 e. The number of hydrogen-bond donors (Lipinski definition) is 0. The van der Waals surface area contributed by atoms with Crippen LogP contribution in [-0.4, -0.2) is 18.1 Å². The van der Waals surface area contributed by atoms with Gasteiger partial charge in [-0.15, -0.1) is 0 Å². The van der Waals surface area contributed by atoms with Crippen molar-refractivity contribution in [3.8, 4) is 0 Å². The van der Waals surface area contributed by atoms with Gasteiger partial charge in [-0.05, 0) is 24.2 Å². The first kappa shape index (κ1) is 15.2. The van der Waals surface area contributed by atoms with Gasteiger partial charge in [-0.1, -0.05) is 43.4 Å². The van der Waals surface area contributed by atoms with E-state index in [1.54, 1.807) is 0 Å². The van der Waals surface area contributed by atoms with Crippen molar-refractivity contribution in [1.29, 1.82) is 0 Å². The second-order valence-corrected chi connectivity index (χ2v) is 11.5. The molecule has 1 aromatic heterocycles. The average molecular weight is 366 g/mol. The van der Waals surface area contributed by atoms with Gasteiger partial charge in [0.05, 0.1) is 18.0 Å². The minimum absolute atomic E-state index is 0.262. The van der Waals surface area contributed by atoms with Gasteiger partial charge in [-0.2, -0.15) is 5.10 Å².